The van der Waals surface area contributed by atoms with Gasteiger partial charge in [0, 0.05) is 73.1 Å². The maximum Gasteiger partial charge on any atom is 0.509 e. The molecule has 3 heterocycles. The molecule has 1 saturated carbocycles. The Morgan fingerprint density at radius 1 is 0.899 bits per heavy atom. The third-order valence-corrected chi connectivity index (χ3v) is 18.1. The molecule has 5 rings (SSSR count). The van der Waals surface area contributed by atoms with Gasteiger partial charge in [0.05, 0.1) is 55.5 Å². The number of hydrogen-bond donors (Lipinski definition) is 9. The van der Waals surface area contributed by atoms with E-state index in [1.165, 1.54) is 18.2 Å². The molecule has 2 bridgehead atoms. The van der Waals surface area contributed by atoms with Gasteiger partial charge in [-0.25, -0.2) is 19.2 Å². The monoisotopic (exact) mass is 1160 g/mol. The first-order valence-electron chi connectivity index (χ1n) is 26.2. The normalized spacial score (nSPS) is 30.3. The molecule has 27 heteroatoms. The highest BCUT2D eigenvalue weighted by Gasteiger charge is 2.83. The zero-order chi connectivity index (χ0) is 58.2. The molecule has 0 aromatic heterocycles. The fourth-order valence-corrected chi connectivity index (χ4v) is 12.7. The molecule has 5 aliphatic rings. The van der Waals surface area contributed by atoms with Crippen LogP contribution in [-0.4, -0.2) is 201 Å². The summed E-state index contributed by atoms with van der Waals surface area (Å²) in [7, 11) is 2.10. The summed E-state index contributed by atoms with van der Waals surface area (Å²) >= 11 is 0. The second kappa shape index (κ2) is 29.5. The lowest BCUT2D eigenvalue weighted by Crippen LogP contribution is -2.67. The number of carbonyl (C=O) groups is 9. The van der Waals surface area contributed by atoms with Crippen LogP contribution >= 0.6 is 21.6 Å². The Labute approximate surface area is 464 Å². The summed E-state index contributed by atoms with van der Waals surface area (Å²) in [6.45, 7) is 5.28. The number of epoxide rings is 1. The number of carboxylic acids is 2. The Balaban J connectivity index is 1.18. The summed E-state index contributed by atoms with van der Waals surface area (Å²) < 4.78 is 41.3. The third-order valence-electron chi connectivity index (χ3n) is 15.6. The maximum absolute atomic E-state index is 14.2. The summed E-state index contributed by atoms with van der Waals surface area (Å²) in [6.07, 6.45) is -5.15. The molecule has 442 valence electrons. The standard InChI is InChI=1S/C52H74N2O23S2/c1-5-30(10-13-40(60)61)46(66)54-32(11-12-39(59)53-23-34(57)43(64)44(65)35(58)24-55)33(56)21-31(47(67)68)25-79-78-19-18-72-49(70)77-45-29(3)15-17-71-41(62)8-6-7-9-42(63)76-36-22-38-52(27-74-52)50(36,4)51(26-73-48(45)69)16-14-28(2)20-37(51)75-38/h6-9,20,29-32,34-38,43-45,55,57-58,64-65H,5,10-19,21-27H2,1-4H3,(H,53,59)(H,54,66)(H,60,61)(H,67,68)/b8-6+,9-7-/t29-,30+,31+,32+,34+,35-,36-,37-,38-,43-,44-,45+,50-,51-,52+/m1/s1. The van der Waals surface area contributed by atoms with Crippen molar-refractivity contribution in [3.8, 4) is 0 Å². The van der Waals surface area contributed by atoms with E-state index in [0.29, 0.717) is 25.9 Å². The van der Waals surface area contributed by atoms with Crippen LogP contribution in [0.2, 0.25) is 0 Å². The molecule has 0 aromatic rings. The van der Waals surface area contributed by atoms with Crippen LogP contribution in [-0.2, 0) is 71.5 Å². The lowest BCUT2D eigenvalue weighted by molar-refractivity contribution is -0.234. The van der Waals surface area contributed by atoms with E-state index in [9.17, 15) is 68.7 Å². The highest BCUT2D eigenvalue weighted by atomic mass is 33.1. The highest BCUT2D eigenvalue weighted by Crippen LogP contribution is 2.72. The number of allylic oxidation sites excluding steroid dienone is 3. The summed E-state index contributed by atoms with van der Waals surface area (Å²) in [5, 5.41) is 72.8. The van der Waals surface area contributed by atoms with Gasteiger partial charge in [0.25, 0.3) is 0 Å². The molecular formula is C52H74N2O23S2. The number of esters is 3. The van der Waals surface area contributed by atoms with E-state index in [4.69, 9.17) is 43.4 Å². The van der Waals surface area contributed by atoms with Crippen molar-refractivity contribution in [1.82, 2.24) is 10.6 Å². The van der Waals surface area contributed by atoms with Gasteiger partial charge in [0.1, 0.15) is 43.2 Å². The number of amides is 2. The van der Waals surface area contributed by atoms with Crippen molar-refractivity contribution in [3.63, 3.8) is 0 Å². The van der Waals surface area contributed by atoms with Gasteiger partial charge in [0.2, 0.25) is 17.9 Å². The second-order valence-electron chi connectivity index (χ2n) is 20.7. The molecule has 0 unspecified atom stereocenters. The number of carboxylic acid groups (broad SMARTS) is 2. The first-order chi connectivity index (χ1) is 37.4. The van der Waals surface area contributed by atoms with Crippen molar-refractivity contribution in [2.45, 2.75) is 152 Å². The van der Waals surface area contributed by atoms with Crippen LogP contribution in [0.3, 0.4) is 0 Å². The van der Waals surface area contributed by atoms with E-state index in [-0.39, 0.29) is 63.4 Å². The Hall–Kier alpha value is -5.13. The smallest absolute Gasteiger partial charge is 0.481 e. The molecule has 2 aliphatic carbocycles. The minimum atomic E-state index is -1.97. The summed E-state index contributed by atoms with van der Waals surface area (Å²) in [4.78, 5) is 116. The number of hydrogen-bond acceptors (Lipinski definition) is 23. The summed E-state index contributed by atoms with van der Waals surface area (Å²) in [6, 6.07) is -1.42. The number of ether oxygens (including phenoxy) is 7. The Morgan fingerprint density at radius 2 is 1.59 bits per heavy atom. The van der Waals surface area contributed by atoms with Crippen LogP contribution in [0.25, 0.3) is 0 Å². The Bertz CT molecular complexity index is 2290. The number of nitrogens with one attached hydrogen (secondary N) is 2. The number of aliphatic carboxylic acids is 2. The van der Waals surface area contributed by atoms with E-state index >= 15 is 0 Å². The molecule has 25 nitrogen and oxygen atoms in total. The molecule has 2 amide bonds. The van der Waals surface area contributed by atoms with E-state index in [1.807, 2.05) is 19.9 Å². The number of aliphatic hydroxyl groups excluding tert-OH is 5. The lowest BCUT2D eigenvalue weighted by atomic mass is 9.51. The Kier molecular flexibility index (Phi) is 24.2. The van der Waals surface area contributed by atoms with Crippen molar-refractivity contribution in [3.05, 3.63) is 36.0 Å². The van der Waals surface area contributed by atoms with Gasteiger partial charge in [0.15, 0.2) is 5.78 Å². The molecule has 3 aliphatic heterocycles. The fourth-order valence-electron chi connectivity index (χ4n) is 10.6. The average molecular weight is 1160 g/mol. The minimum Gasteiger partial charge on any atom is -0.481 e. The number of aliphatic hydroxyl groups is 5. The minimum absolute atomic E-state index is 0.0454. The first kappa shape index (κ1) is 64.7. The Morgan fingerprint density at radius 3 is 2.25 bits per heavy atom. The molecule has 2 spiro atoms. The van der Waals surface area contributed by atoms with Crippen LogP contribution < -0.4 is 10.6 Å². The quantitative estimate of drug-likeness (QED) is 0.0146. The van der Waals surface area contributed by atoms with Gasteiger partial charge in [-0.15, -0.1) is 0 Å². The first-order valence-corrected chi connectivity index (χ1v) is 28.7. The van der Waals surface area contributed by atoms with Gasteiger partial charge in [-0.05, 0) is 45.4 Å². The van der Waals surface area contributed by atoms with Crippen molar-refractivity contribution in [2.24, 2.45) is 28.6 Å². The third kappa shape index (κ3) is 16.5. The number of Topliss-reactive ketones (excluding diaryl/α,β-unsaturated/α-hetero) is 1. The van der Waals surface area contributed by atoms with Gasteiger partial charge in [-0.3, -0.25) is 24.0 Å². The molecule has 2 saturated heterocycles. The molecule has 0 aromatic carbocycles. The van der Waals surface area contributed by atoms with Crippen LogP contribution in [0.4, 0.5) is 4.79 Å². The number of ketones is 1. The zero-order valence-corrected chi connectivity index (χ0v) is 46.2. The van der Waals surface area contributed by atoms with Crippen molar-refractivity contribution >= 4 is 75.2 Å². The number of carbonyl (C=O) groups excluding carboxylic acids is 7. The van der Waals surface area contributed by atoms with Gasteiger partial charge >= 0.3 is 36.0 Å². The van der Waals surface area contributed by atoms with E-state index in [1.54, 1.807) is 13.8 Å². The van der Waals surface area contributed by atoms with Gasteiger partial charge in [-0.1, -0.05) is 66.2 Å². The topological polar surface area (TPSA) is 387 Å². The largest absolute Gasteiger partial charge is 0.509 e. The van der Waals surface area contributed by atoms with Crippen LogP contribution in [0.5, 0.6) is 0 Å². The summed E-state index contributed by atoms with van der Waals surface area (Å²) in [5.41, 5.74) is -1.59. The second-order valence-corrected chi connectivity index (χ2v) is 23.3. The predicted octanol–water partition coefficient (Wildman–Crippen LogP) is 1.08. The van der Waals surface area contributed by atoms with Crippen LogP contribution in [0, 0.1) is 28.6 Å². The molecule has 79 heavy (non-hydrogen) atoms. The molecular weight excluding hydrogens is 1080 g/mol. The van der Waals surface area contributed by atoms with Gasteiger partial charge in [-0.2, -0.15) is 0 Å². The zero-order valence-electron chi connectivity index (χ0n) is 44.5. The number of cyclic esters (lactones) is 2. The van der Waals surface area contributed by atoms with Crippen LogP contribution in [0.1, 0.15) is 91.9 Å². The average Bonchev–Trinajstić information content (AvgIpc) is 1.79. The van der Waals surface area contributed by atoms with E-state index < -0.39 is 169 Å². The van der Waals surface area contributed by atoms with Crippen molar-refractivity contribution in [1.29, 1.82) is 0 Å². The predicted molar refractivity (Wildman–Crippen MR) is 277 cm³/mol. The fraction of sp³-hybridized carbons (Fsp3) is 0.712. The number of rotatable bonds is 26. The van der Waals surface area contributed by atoms with Crippen molar-refractivity contribution in [2.75, 3.05) is 51.1 Å². The van der Waals surface area contributed by atoms with E-state index in [2.05, 4.69) is 10.6 Å². The lowest BCUT2D eigenvalue weighted by Gasteiger charge is -2.58. The molecule has 9 N–H and O–H groups in total. The molecule has 3 fully saturated rings. The maximum atomic E-state index is 14.2. The SMILES string of the molecule is CC[C@@H](CCC(=O)O)C(=O)N[C@@H](CCC(=O)NC[C@H](O)[C@@H](O)[C@H](O)[C@H](O)CO)C(=O)C[C@@H](CSSCCOC(=O)O[C@@H]1C(=O)OC[C@]23CCC(C)=C[C@H]2O[C@@H]2C[C@@H](OC(=O)/C=C\C=C\C(=O)OCC[C@H]1C)[C@@]3(C)[C@]21CO1)C(=O)O. The molecule has 15 atom stereocenters. The van der Waals surface area contributed by atoms with Crippen LogP contribution in [0.15, 0.2) is 36.0 Å². The van der Waals surface area contributed by atoms with Gasteiger partial charge < -0.3 is 79.5 Å². The molecule has 0 radical (unpaired) electrons. The van der Waals surface area contributed by atoms with E-state index in [0.717, 1.165) is 33.2 Å². The highest BCUT2D eigenvalue weighted by molar-refractivity contribution is 8.76. The van der Waals surface area contributed by atoms with Crippen molar-refractivity contribution < 1.29 is 112 Å². The summed E-state index contributed by atoms with van der Waals surface area (Å²) in [5.74, 6) is -10.1.